The summed E-state index contributed by atoms with van der Waals surface area (Å²) in [5.41, 5.74) is 4.31. The monoisotopic (exact) mass is 436 g/mol. The highest BCUT2D eigenvalue weighted by Crippen LogP contribution is 2.20. The fourth-order valence-corrected chi connectivity index (χ4v) is 3.87. The lowest BCUT2D eigenvalue weighted by molar-refractivity contribution is 0.0295. The van der Waals surface area contributed by atoms with Crippen molar-refractivity contribution in [3.63, 3.8) is 0 Å². The lowest BCUT2D eigenvalue weighted by atomic mass is 10.1. The van der Waals surface area contributed by atoms with Gasteiger partial charge in [0.15, 0.2) is 0 Å². The Hall–Kier alpha value is -3.46. The van der Waals surface area contributed by atoms with E-state index in [9.17, 15) is 9.59 Å². The van der Waals surface area contributed by atoms with Crippen molar-refractivity contribution in [1.29, 1.82) is 0 Å². The fraction of sp³-hybridized carbons (Fsp3) is 0.391. The molecule has 3 heterocycles. The zero-order valence-corrected chi connectivity index (χ0v) is 18.7. The summed E-state index contributed by atoms with van der Waals surface area (Å²) in [5.74, 6) is -0.437. The highest BCUT2D eigenvalue weighted by molar-refractivity contribution is 6.08. The Kier molecular flexibility index (Phi) is 6.36. The predicted octanol–water partition coefficient (Wildman–Crippen LogP) is 2.49. The number of nitrogens with one attached hydrogen (secondary N) is 1. The second-order valence-corrected chi connectivity index (χ2v) is 7.87. The minimum absolute atomic E-state index is 0.152. The van der Waals surface area contributed by atoms with Gasteiger partial charge in [-0.05, 0) is 44.5 Å². The first-order valence-electron chi connectivity index (χ1n) is 10.8. The molecule has 0 aliphatic carbocycles. The third-order valence-corrected chi connectivity index (χ3v) is 5.51. The number of aromatic nitrogens is 4. The molecule has 0 atom stereocenters. The summed E-state index contributed by atoms with van der Waals surface area (Å²) >= 11 is 0. The van der Waals surface area contributed by atoms with Crippen molar-refractivity contribution in [3.05, 3.63) is 64.7 Å². The molecular formula is C23H28N6O3. The van der Waals surface area contributed by atoms with Crippen molar-refractivity contribution < 1.29 is 14.3 Å². The lowest BCUT2D eigenvalue weighted by Crippen LogP contribution is -2.41. The third-order valence-electron chi connectivity index (χ3n) is 5.51. The van der Waals surface area contributed by atoms with Crippen LogP contribution in [-0.4, -0.2) is 62.6 Å². The summed E-state index contributed by atoms with van der Waals surface area (Å²) in [7, 11) is 0. The van der Waals surface area contributed by atoms with Crippen molar-refractivity contribution in [2.45, 2.75) is 33.9 Å². The highest BCUT2D eigenvalue weighted by atomic mass is 16.5. The van der Waals surface area contributed by atoms with Crippen molar-refractivity contribution in [3.8, 4) is 0 Å². The second-order valence-electron chi connectivity index (χ2n) is 7.87. The van der Waals surface area contributed by atoms with Crippen molar-refractivity contribution in [2.75, 3.05) is 31.6 Å². The maximum Gasteiger partial charge on any atom is 0.274 e. The zero-order chi connectivity index (χ0) is 22.7. The predicted molar refractivity (Wildman–Crippen MR) is 120 cm³/mol. The van der Waals surface area contributed by atoms with Gasteiger partial charge in [-0.25, -0.2) is 0 Å². The van der Waals surface area contributed by atoms with Gasteiger partial charge in [0.05, 0.1) is 37.3 Å². The van der Waals surface area contributed by atoms with Crippen molar-refractivity contribution in [2.24, 2.45) is 0 Å². The molecular weight excluding hydrogens is 408 g/mol. The quantitative estimate of drug-likeness (QED) is 0.641. The van der Waals surface area contributed by atoms with Gasteiger partial charge in [0.2, 0.25) is 0 Å². The summed E-state index contributed by atoms with van der Waals surface area (Å²) in [6, 6.07) is 9.45. The van der Waals surface area contributed by atoms with E-state index < -0.39 is 0 Å². The van der Waals surface area contributed by atoms with Crippen molar-refractivity contribution in [1.82, 2.24) is 24.5 Å². The molecule has 1 saturated heterocycles. The number of ether oxygens (including phenoxy) is 1. The van der Waals surface area contributed by atoms with E-state index in [1.165, 1.54) is 6.20 Å². The minimum atomic E-state index is -0.285. The van der Waals surface area contributed by atoms with Crippen LogP contribution in [0.5, 0.6) is 0 Å². The normalized spacial score (nSPS) is 13.9. The lowest BCUT2D eigenvalue weighted by Gasteiger charge is -2.27. The molecule has 0 bridgehead atoms. The molecule has 9 nitrogen and oxygen atoms in total. The van der Waals surface area contributed by atoms with E-state index in [-0.39, 0.29) is 11.8 Å². The van der Waals surface area contributed by atoms with Crippen LogP contribution in [0.4, 0.5) is 5.69 Å². The Bertz CT molecular complexity index is 1130. The smallest absolute Gasteiger partial charge is 0.274 e. The molecule has 168 valence electrons. The molecule has 0 radical (unpaired) electrons. The van der Waals surface area contributed by atoms with Crippen LogP contribution in [0, 0.1) is 13.8 Å². The number of hydrogen-bond acceptors (Lipinski definition) is 5. The summed E-state index contributed by atoms with van der Waals surface area (Å²) in [6.45, 7) is 9.05. The van der Waals surface area contributed by atoms with Gasteiger partial charge >= 0.3 is 0 Å². The molecule has 32 heavy (non-hydrogen) atoms. The van der Waals surface area contributed by atoms with E-state index in [0.717, 1.165) is 17.0 Å². The van der Waals surface area contributed by atoms with Gasteiger partial charge in [-0.15, -0.1) is 0 Å². The Labute approximate surface area is 187 Å². The molecule has 2 aromatic heterocycles. The first kappa shape index (κ1) is 21.8. The second kappa shape index (κ2) is 9.35. The van der Waals surface area contributed by atoms with E-state index >= 15 is 0 Å². The summed E-state index contributed by atoms with van der Waals surface area (Å²) in [6.07, 6.45) is 1.54. The molecule has 9 heteroatoms. The highest BCUT2D eigenvalue weighted by Gasteiger charge is 2.26. The molecule has 0 saturated carbocycles. The number of anilines is 1. The average Bonchev–Trinajstić information content (AvgIpc) is 3.35. The molecule has 0 unspecified atom stereocenters. The first-order valence-corrected chi connectivity index (χ1v) is 10.8. The van der Waals surface area contributed by atoms with Gasteiger partial charge in [0.25, 0.3) is 11.8 Å². The Morgan fingerprint density at radius 1 is 1.12 bits per heavy atom. The van der Waals surface area contributed by atoms with Crippen LogP contribution in [0.1, 0.15) is 44.7 Å². The molecule has 1 N–H and O–H groups in total. The van der Waals surface area contributed by atoms with Gasteiger partial charge in [-0.1, -0.05) is 12.1 Å². The Morgan fingerprint density at radius 2 is 1.91 bits per heavy atom. The van der Waals surface area contributed by atoms with Crippen LogP contribution >= 0.6 is 0 Å². The number of hydrogen-bond donors (Lipinski definition) is 1. The molecule has 4 rings (SSSR count). The number of rotatable bonds is 6. The number of amides is 2. The molecule has 1 aliphatic rings. The molecule has 3 aromatic rings. The molecule has 1 fully saturated rings. The van der Waals surface area contributed by atoms with Gasteiger partial charge in [0, 0.05) is 30.9 Å². The SMILES string of the molecule is CCn1ncc(NC(=O)c2cccc(Cn3nc(C)cc3C)c2)c1C(=O)N1CCOCC1. The first-order chi connectivity index (χ1) is 15.5. The van der Waals surface area contributed by atoms with Gasteiger partial charge in [-0.3, -0.25) is 19.0 Å². The maximum atomic E-state index is 13.1. The molecule has 2 amide bonds. The van der Waals surface area contributed by atoms with E-state index in [1.54, 1.807) is 15.6 Å². The standard InChI is InChI=1S/C23H28N6O3/c1-4-28-21(23(31)27-8-10-32-11-9-27)20(14-24-28)25-22(30)19-7-5-6-18(13-19)15-29-17(3)12-16(2)26-29/h5-7,12-14H,4,8-11,15H2,1-3H3,(H,25,30). The average molecular weight is 437 g/mol. The van der Waals surface area contributed by atoms with E-state index in [1.807, 2.05) is 49.7 Å². The fourth-order valence-electron chi connectivity index (χ4n) is 3.87. The topological polar surface area (TPSA) is 94.3 Å². The number of aryl methyl sites for hydroxylation is 3. The number of carbonyl (C=O) groups is 2. The van der Waals surface area contributed by atoms with Crippen LogP contribution in [-0.2, 0) is 17.8 Å². The summed E-state index contributed by atoms with van der Waals surface area (Å²) in [5, 5.41) is 11.7. The van der Waals surface area contributed by atoms with E-state index in [2.05, 4.69) is 15.5 Å². The van der Waals surface area contributed by atoms with Crippen LogP contribution in [0.2, 0.25) is 0 Å². The Morgan fingerprint density at radius 3 is 2.59 bits per heavy atom. The van der Waals surface area contributed by atoms with Gasteiger partial charge in [0.1, 0.15) is 5.69 Å². The summed E-state index contributed by atoms with van der Waals surface area (Å²) < 4.78 is 8.88. The third kappa shape index (κ3) is 4.57. The van der Waals surface area contributed by atoms with Crippen LogP contribution in [0.3, 0.4) is 0 Å². The largest absolute Gasteiger partial charge is 0.378 e. The summed E-state index contributed by atoms with van der Waals surface area (Å²) in [4.78, 5) is 27.9. The number of morpholine rings is 1. The van der Waals surface area contributed by atoms with Crippen LogP contribution in [0.25, 0.3) is 0 Å². The number of carbonyl (C=O) groups excluding carboxylic acids is 2. The van der Waals surface area contributed by atoms with Crippen molar-refractivity contribution >= 4 is 17.5 Å². The van der Waals surface area contributed by atoms with Crippen LogP contribution < -0.4 is 5.32 Å². The molecule has 0 spiro atoms. The molecule has 1 aromatic carbocycles. The van der Waals surface area contributed by atoms with Crippen LogP contribution in [0.15, 0.2) is 36.5 Å². The zero-order valence-electron chi connectivity index (χ0n) is 18.7. The van der Waals surface area contributed by atoms with Gasteiger partial charge in [-0.2, -0.15) is 10.2 Å². The Balaban J connectivity index is 1.53. The molecule has 1 aliphatic heterocycles. The number of benzene rings is 1. The van der Waals surface area contributed by atoms with E-state index in [0.29, 0.717) is 56.3 Å². The number of nitrogens with zero attached hydrogens (tertiary/aromatic N) is 5. The van der Waals surface area contributed by atoms with Gasteiger partial charge < -0.3 is 15.0 Å². The maximum absolute atomic E-state index is 13.1. The minimum Gasteiger partial charge on any atom is -0.378 e. The van der Waals surface area contributed by atoms with E-state index in [4.69, 9.17) is 4.74 Å².